The third kappa shape index (κ3) is 5.92. The monoisotopic (exact) mass is 381 g/mol. The Hall–Kier alpha value is -1.76. The summed E-state index contributed by atoms with van der Waals surface area (Å²) in [6, 6.07) is 11.3. The number of hydrogen-bond acceptors (Lipinski definition) is 4. The van der Waals surface area contributed by atoms with E-state index in [0.717, 1.165) is 33.0 Å². The fourth-order valence-electron chi connectivity index (χ4n) is 2.34. The van der Waals surface area contributed by atoms with E-state index in [4.69, 9.17) is 16.3 Å². The zero-order valence-corrected chi connectivity index (χ0v) is 16.3. The molecule has 0 bridgehead atoms. The third-order valence-corrected chi connectivity index (χ3v) is 4.83. The summed E-state index contributed by atoms with van der Waals surface area (Å²) >= 11 is 7.55. The van der Waals surface area contributed by atoms with Crippen LogP contribution >= 0.6 is 22.9 Å². The van der Waals surface area contributed by atoms with Crippen LogP contribution in [0.1, 0.15) is 23.5 Å². The van der Waals surface area contributed by atoms with Crippen LogP contribution in [0.15, 0.2) is 41.4 Å². The standard InChI is InChI=1S/C18H24ClN3O2S/c1-4-20-18(22(2)12-15-8-9-17(19)25-15)21-11-16(23)13-6-5-7-14(10-13)24-3/h5-10,16,23H,4,11-12H2,1-3H3,(H,20,21). The van der Waals surface area contributed by atoms with Crippen LogP contribution in [0.25, 0.3) is 0 Å². The molecule has 0 saturated heterocycles. The van der Waals surface area contributed by atoms with Gasteiger partial charge in [0.25, 0.3) is 0 Å². The van der Waals surface area contributed by atoms with Crippen LogP contribution in [0.2, 0.25) is 4.34 Å². The van der Waals surface area contributed by atoms with Crippen LogP contribution in [0.3, 0.4) is 0 Å². The van der Waals surface area contributed by atoms with Gasteiger partial charge >= 0.3 is 0 Å². The summed E-state index contributed by atoms with van der Waals surface area (Å²) in [5.41, 5.74) is 0.784. The van der Waals surface area contributed by atoms with E-state index in [2.05, 4.69) is 10.3 Å². The van der Waals surface area contributed by atoms with Crippen molar-refractivity contribution in [2.45, 2.75) is 19.6 Å². The number of guanidine groups is 1. The van der Waals surface area contributed by atoms with E-state index in [1.165, 1.54) is 0 Å². The van der Waals surface area contributed by atoms with E-state index in [1.807, 2.05) is 55.3 Å². The summed E-state index contributed by atoms with van der Waals surface area (Å²) < 4.78 is 5.98. The van der Waals surface area contributed by atoms with Gasteiger partial charge in [-0.05, 0) is 36.8 Å². The number of halogens is 1. The molecule has 1 aromatic heterocycles. The number of aliphatic hydroxyl groups excluding tert-OH is 1. The van der Waals surface area contributed by atoms with Crippen molar-refractivity contribution in [3.05, 3.63) is 51.2 Å². The zero-order chi connectivity index (χ0) is 18.2. The molecule has 0 aliphatic carbocycles. The Morgan fingerprint density at radius 3 is 2.84 bits per heavy atom. The van der Waals surface area contributed by atoms with E-state index in [1.54, 1.807) is 18.4 Å². The number of aliphatic hydroxyl groups is 1. The average Bonchev–Trinajstić information content (AvgIpc) is 3.03. The lowest BCUT2D eigenvalue weighted by Crippen LogP contribution is -2.38. The minimum absolute atomic E-state index is 0.269. The second-order valence-corrected chi connectivity index (χ2v) is 7.35. The first kappa shape index (κ1) is 19.6. The molecule has 1 atom stereocenters. The molecule has 2 aromatic rings. The van der Waals surface area contributed by atoms with Crippen LogP contribution < -0.4 is 10.1 Å². The van der Waals surface area contributed by atoms with Crippen molar-refractivity contribution in [2.75, 3.05) is 27.2 Å². The summed E-state index contributed by atoms with van der Waals surface area (Å²) in [6.45, 7) is 3.75. The highest BCUT2D eigenvalue weighted by Crippen LogP contribution is 2.22. The molecule has 2 N–H and O–H groups in total. The molecule has 0 aliphatic heterocycles. The van der Waals surface area contributed by atoms with Crippen LogP contribution in [-0.4, -0.2) is 43.2 Å². The number of hydrogen-bond donors (Lipinski definition) is 2. The fourth-order valence-corrected chi connectivity index (χ4v) is 3.48. The molecule has 2 rings (SSSR count). The Labute approximate surface area is 157 Å². The lowest BCUT2D eigenvalue weighted by Gasteiger charge is -2.22. The van der Waals surface area contributed by atoms with Gasteiger partial charge in [-0.3, -0.25) is 4.99 Å². The number of ether oxygens (including phenoxy) is 1. The molecule has 0 fully saturated rings. The van der Waals surface area contributed by atoms with Gasteiger partial charge in [0.1, 0.15) is 5.75 Å². The minimum Gasteiger partial charge on any atom is -0.497 e. The van der Waals surface area contributed by atoms with E-state index < -0.39 is 6.10 Å². The minimum atomic E-state index is -0.687. The summed E-state index contributed by atoms with van der Waals surface area (Å²) in [5, 5.41) is 13.7. The zero-order valence-electron chi connectivity index (χ0n) is 14.7. The van der Waals surface area contributed by atoms with Crippen molar-refractivity contribution in [2.24, 2.45) is 4.99 Å². The number of nitrogens with one attached hydrogen (secondary N) is 1. The van der Waals surface area contributed by atoms with Crippen molar-refractivity contribution in [3.8, 4) is 5.75 Å². The summed E-state index contributed by atoms with van der Waals surface area (Å²) in [4.78, 5) is 7.74. The highest BCUT2D eigenvalue weighted by Gasteiger charge is 2.11. The Bertz CT molecular complexity index is 705. The molecule has 5 nitrogen and oxygen atoms in total. The lowest BCUT2D eigenvalue weighted by molar-refractivity contribution is 0.186. The highest BCUT2D eigenvalue weighted by atomic mass is 35.5. The van der Waals surface area contributed by atoms with Gasteiger partial charge in [0.05, 0.1) is 30.6 Å². The summed E-state index contributed by atoms with van der Waals surface area (Å²) in [6.07, 6.45) is -0.687. The SMILES string of the molecule is CCNC(=NCC(O)c1cccc(OC)c1)N(C)Cc1ccc(Cl)s1. The van der Waals surface area contributed by atoms with Gasteiger partial charge < -0.3 is 20.1 Å². The Balaban J connectivity index is 2.04. The normalized spacial score (nSPS) is 12.8. The molecular weight excluding hydrogens is 358 g/mol. The van der Waals surface area contributed by atoms with Gasteiger partial charge in [-0.25, -0.2) is 0 Å². The molecule has 0 amide bonds. The van der Waals surface area contributed by atoms with Crippen molar-refractivity contribution < 1.29 is 9.84 Å². The topological polar surface area (TPSA) is 57.1 Å². The fraction of sp³-hybridized carbons (Fsp3) is 0.389. The molecule has 25 heavy (non-hydrogen) atoms. The van der Waals surface area contributed by atoms with Crippen LogP contribution in [0.4, 0.5) is 0 Å². The predicted octanol–water partition coefficient (Wildman–Crippen LogP) is 3.54. The van der Waals surface area contributed by atoms with Crippen molar-refractivity contribution in [1.29, 1.82) is 0 Å². The Morgan fingerprint density at radius 1 is 1.40 bits per heavy atom. The van der Waals surface area contributed by atoms with Crippen molar-refractivity contribution >= 4 is 28.9 Å². The smallest absolute Gasteiger partial charge is 0.194 e. The third-order valence-electron chi connectivity index (χ3n) is 3.61. The summed E-state index contributed by atoms with van der Waals surface area (Å²) in [7, 11) is 3.58. The molecule has 0 aliphatic rings. The van der Waals surface area contributed by atoms with Crippen molar-refractivity contribution in [1.82, 2.24) is 10.2 Å². The maximum Gasteiger partial charge on any atom is 0.194 e. The maximum atomic E-state index is 10.4. The van der Waals surface area contributed by atoms with E-state index in [-0.39, 0.29) is 6.54 Å². The first-order valence-electron chi connectivity index (χ1n) is 8.09. The molecule has 136 valence electrons. The number of aliphatic imine (C=N–C) groups is 1. The van der Waals surface area contributed by atoms with Gasteiger partial charge in [0.15, 0.2) is 5.96 Å². The molecular formula is C18H24ClN3O2S. The quantitative estimate of drug-likeness (QED) is 0.569. The molecule has 1 unspecified atom stereocenters. The van der Waals surface area contributed by atoms with Crippen LogP contribution in [0, 0.1) is 0 Å². The van der Waals surface area contributed by atoms with Crippen LogP contribution in [0.5, 0.6) is 5.75 Å². The first-order chi connectivity index (χ1) is 12.0. The lowest BCUT2D eigenvalue weighted by atomic mass is 10.1. The van der Waals surface area contributed by atoms with Crippen LogP contribution in [-0.2, 0) is 6.54 Å². The van der Waals surface area contributed by atoms with Gasteiger partial charge in [-0.15, -0.1) is 11.3 Å². The second kappa shape index (κ2) is 9.65. The van der Waals surface area contributed by atoms with Gasteiger partial charge in [-0.1, -0.05) is 23.7 Å². The molecule has 1 heterocycles. The van der Waals surface area contributed by atoms with Gasteiger partial charge in [0.2, 0.25) is 0 Å². The highest BCUT2D eigenvalue weighted by molar-refractivity contribution is 7.16. The number of rotatable bonds is 7. The van der Waals surface area contributed by atoms with E-state index in [9.17, 15) is 5.11 Å². The number of methoxy groups -OCH3 is 1. The van der Waals surface area contributed by atoms with Crippen molar-refractivity contribution in [3.63, 3.8) is 0 Å². The van der Waals surface area contributed by atoms with Gasteiger partial charge in [-0.2, -0.15) is 0 Å². The predicted molar refractivity (Wildman–Crippen MR) is 105 cm³/mol. The average molecular weight is 382 g/mol. The molecule has 0 spiro atoms. The molecule has 0 radical (unpaired) electrons. The van der Waals surface area contributed by atoms with E-state index in [0.29, 0.717) is 6.54 Å². The maximum absolute atomic E-state index is 10.4. The molecule has 1 aromatic carbocycles. The number of thiophene rings is 1. The largest absolute Gasteiger partial charge is 0.497 e. The second-order valence-electron chi connectivity index (χ2n) is 5.55. The molecule has 0 saturated carbocycles. The Morgan fingerprint density at radius 2 is 2.20 bits per heavy atom. The Kier molecular flexibility index (Phi) is 7.55. The number of benzene rings is 1. The molecule has 7 heteroatoms. The number of nitrogens with zero attached hydrogens (tertiary/aromatic N) is 2. The summed E-state index contributed by atoms with van der Waals surface area (Å²) in [5.74, 6) is 1.47. The van der Waals surface area contributed by atoms with E-state index >= 15 is 0 Å². The van der Waals surface area contributed by atoms with Gasteiger partial charge in [0, 0.05) is 18.5 Å². The first-order valence-corrected chi connectivity index (χ1v) is 9.28.